The van der Waals surface area contributed by atoms with Crippen molar-refractivity contribution in [3.8, 4) is 0 Å². The van der Waals surface area contributed by atoms with Crippen LogP contribution in [0.3, 0.4) is 0 Å². The summed E-state index contributed by atoms with van der Waals surface area (Å²) in [7, 11) is 0. The third-order valence-corrected chi connectivity index (χ3v) is 3.58. The minimum Gasteiger partial charge on any atom is -0.381 e. The van der Waals surface area contributed by atoms with E-state index < -0.39 is 0 Å². The second kappa shape index (κ2) is 8.23. The largest absolute Gasteiger partial charge is 0.381 e. The Kier molecular flexibility index (Phi) is 5.99. The van der Waals surface area contributed by atoms with Gasteiger partial charge in [0.25, 0.3) is 0 Å². The predicted molar refractivity (Wildman–Crippen MR) is 91.3 cm³/mol. The first kappa shape index (κ1) is 15.3. The highest BCUT2D eigenvalue weighted by Crippen LogP contribution is 2.12. The van der Waals surface area contributed by atoms with Gasteiger partial charge in [-0.05, 0) is 35.1 Å². The molecule has 0 aliphatic heterocycles. The molecule has 0 amide bonds. The second-order valence-corrected chi connectivity index (χ2v) is 4.92. The van der Waals surface area contributed by atoms with E-state index in [0.29, 0.717) is 0 Å². The maximum absolute atomic E-state index is 5.77. The molecule has 1 nitrogen and oxygen atoms in total. The van der Waals surface area contributed by atoms with Gasteiger partial charge in [0.15, 0.2) is 0 Å². The van der Waals surface area contributed by atoms with E-state index in [2.05, 4.69) is 49.6 Å². The summed E-state index contributed by atoms with van der Waals surface area (Å²) in [6.07, 6.45) is 5.64. The van der Waals surface area contributed by atoms with Gasteiger partial charge in [-0.25, -0.2) is 0 Å². The fourth-order valence-electron chi connectivity index (χ4n) is 2.39. The van der Waals surface area contributed by atoms with Gasteiger partial charge in [-0.1, -0.05) is 73.8 Å². The summed E-state index contributed by atoms with van der Waals surface area (Å²) < 4.78 is 5.77. The third-order valence-electron chi connectivity index (χ3n) is 3.58. The average molecular weight is 278 g/mol. The molecule has 21 heavy (non-hydrogen) atoms. The van der Waals surface area contributed by atoms with Crippen LogP contribution in [-0.2, 0) is 17.6 Å². The number of ether oxygens (including phenoxy) is 1. The van der Waals surface area contributed by atoms with Crippen LogP contribution in [0.2, 0.25) is 0 Å². The van der Waals surface area contributed by atoms with E-state index in [0.717, 1.165) is 26.1 Å². The molecule has 0 aromatic heterocycles. The van der Waals surface area contributed by atoms with Crippen molar-refractivity contribution in [2.24, 2.45) is 0 Å². The van der Waals surface area contributed by atoms with Crippen molar-refractivity contribution >= 4 is 12.2 Å². The Hall–Kier alpha value is -2.12. The Labute approximate surface area is 127 Å². The highest BCUT2D eigenvalue weighted by Gasteiger charge is 2.00. The average Bonchev–Trinajstić information content (AvgIpc) is 2.55. The lowest BCUT2D eigenvalue weighted by Crippen LogP contribution is -2.04. The van der Waals surface area contributed by atoms with Gasteiger partial charge in [-0.15, -0.1) is 0 Å². The fourth-order valence-corrected chi connectivity index (χ4v) is 2.39. The molecule has 0 heterocycles. The van der Waals surface area contributed by atoms with Crippen LogP contribution in [0, 0.1) is 0 Å². The topological polar surface area (TPSA) is 9.23 Å². The molecule has 0 aliphatic carbocycles. The molecule has 0 unspecified atom stereocenters. The highest BCUT2D eigenvalue weighted by molar-refractivity contribution is 5.52. The maximum atomic E-state index is 5.77. The zero-order valence-corrected chi connectivity index (χ0v) is 12.4. The molecule has 108 valence electrons. The van der Waals surface area contributed by atoms with Crippen molar-refractivity contribution in [1.29, 1.82) is 0 Å². The van der Waals surface area contributed by atoms with E-state index >= 15 is 0 Å². The van der Waals surface area contributed by atoms with Crippen LogP contribution in [0.5, 0.6) is 0 Å². The SMILES string of the molecule is C=Cc1ccccc1CCOCCc1ccccc1C=C. The second-order valence-electron chi connectivity index (χ2n) is 4.92. The molecule has 0 saturated carbocycles. The summed E-state index contributed by atoms with van der Waals surface area (Å²) in [6.45, 7) is 9.16. The van der Waals surface area contributed by atoms with Crippen LogP contribution in [0.1, 0.15) is 22.3 Å². The zero-order valence-electron chi connectivity index (χ0n) is 12.4. The van der Waals surface area contributed by atoms with E-state index in [4.69, 9.17) is 4.74 Å². The van der Waals surface area contributed by atoms with Crippen molar-refractivity contribution in [3.63, 3.8) is 0 Å². The summed E-state index contributed by atoms with van der Waals surface area (Å²) in [5, 5.41) is 0. The van der Waals surface area contributed by atoms with Gasteiger partial charge in [-0.3, -0.25) is 0 Å². The lowest BCUT2D eigenvalue weighted by molar-refractivity contribution is 0.140. The monoisotopic (exact) mass is 278 g/mol. The van der Waals surface area contributed by atoms with Gasteiger partial charge >= 0.3 is 0 Å². The molecule has 0 fully saturated rings. The predicted octanol–water partition coefficient (Wildman–Crippen LogP) is 4.77. The number of rotatable bonds is 8. The van der Waals surface area contributed by atoms with Crippen LogP contribution >= 0.6 is 0 Å². The summed E-state index contributed by atoms with van der Waals surface area (Å²) >= 11 is 0. The third kappa shape index (κ3) is 4.44. The lowest BCUT2D eigenvalue weighted by Gasteiger charge is -2.08. The summed E-state index contributed by atoms with van der Waals surface area (Å²) in [5.74, 6) is 0. The summed E-state index contributed by atoms with van der Waals surface area (Å²) in [6, 6.07) is 16.6. The van der Waals surface area contributed by atoms with Crippen molar-refractivity contribution in [2.75, 3.05) is 13.2 Å². The maximum Gasteiger partial charge on any atom is 0.0506 e. The Morgan fingerprint density at radius 3 is 1.57 bits per heavy atom. The Bertz CT molecular complexity index is 545. The van der Waals surface area contributed by atoms with Gasteiger partial charge in [0, 0.05) is 0 Å². The molecule has 1 heteroatoms. The first-order chi connectivity index (χ1) is 10.3. The van der Waals surface area contributed by atoms with Crippen molar-refractivity contribution in [2.45, 2.75) is 12.8 Å². The molecule has 0 atom stereocenters. The van der Waals surface area contributed by atoms with Crippen LogP contribution < -0.4 is 0 Å². The van der Waals surface area contributed by atoms with E-state index in [1.165, 1.54) is 22.3 Å². The van der Waals surface area contributed by atoms with E-state index in [-0.39, 0.29) is 0 Å². The summed E-state index contributed by atoms with van der Waals surface area (Å²) in [5.41, 5.74) is 4.97. The van der Waals surface area contributed by atoms with Gasteiger partial charge in [-0.2, -0.15) is 0 Å². The molecule has 2 rings (SSSR count). The highest BCUT2D eigenvalue weighted by atomic mass is 16.5. The Morgan fingerprint density at radius 1 is 0.714 bits per heavy atom. The Morgan fingerprint density at radius 2 is 1.14 bits per heavy atom. The first-order valence-electron chi connectivity index (χ1n) is 7.33. The van der Waals surface area contributed by atoms with E-state index in [1.54, 1.807) is 0 Å². The first-order valence-corrected chi connectivity index (χ1v) is 7.33. The number of hydrogen-bond donors (Lipinski definition) is 0. The van der Waals surface area contributed by atoms with Crippen molar-refractivity contribution in [1.82, 2.24) is 0 Å². The fraction of sp³-hybridized carbons (Fsp3) is 0.200. The number of hydrogen-bond acceptors (Lipinski definition) is 1. The van der Waals surface area contributed by atoms with Crippen molar-refractivity contribution in [3.05, 3.63) is 83.9 Å². The summed E-state index contributed by atoms with van der Waals surface area (Å²) in [4.78, 5) is 0. The van der Waals surface area contributed by atoms with Gasteiger partial charge in [0.05, 0.1) is 13.2 Å². The lowest BCUT2D eigenvalue weighted by atomic mass is 10.0. The smallest absolute Gasteiger partial charge is 0.0506 e. The molecule has 0 N–H and O–H groups in total. The normalized spacial score (nSPS) is 10.3. The molecule has 0 aliphatic rings. The Balaban J connectivity index is 1.77. The standard InChI is InChI=1S/C20H22O/c1-3-17-9-5-7-11-19(17)13-15-21-16-14-20-12-8-6-10-18(20)4-2/h3-12H,1-2,13-16H2. The minimum absolute atomic E-state index is 0.737. The van der Waals surface area contributed by atoms with Crippen LogP contribution in [-0.4, -0.2) is 13.2 Å². The number of benzene rings is 2. The molecule has 2 aromatic carbocycles. The zero-order chi connectivity index (χ0) is 14.9. The molecular weight excluding hydrogens is 256 g/mol. The van der Waals surface area contributed by atoms with Crippen LogP contribution in [0.4, 0.5) is 0 Å². The van der Waals surface area contributed by atoms with Gasteiger partial charge in [0.2, 0.25) is 0 Å². The molecule has 0 saturated heterocycles. The molecule has 0 bridgehead atoms. The quantitative estimate of drug-likeness (QED) is 0.632. The van der Waals surface area contributed by atoms with Crippen molar-refractivity contribution < 1.29 is 4.74 Å². The minimum atomic E-state index is 0.737. The van der Waals surface area contributed by atoms with E-state index in [1.807, 2.05) is 24.3 Å². The molecule has 0 spiro atoms. The molecular formula is C20H22O. The van der Waals surface area contributed by atoms with E-state index in [9.17, 15) is 0 Å². The molecule has 2 aromatic rings. The van der Waals surface area contributed by atoms with Crippen LogP contribution in [0.15, 0.2) is 61.7 Å². The van der Waals surface area contributed by atoms with Gasteiger partial charge < -0.3 is 4.74 Å². The molecule has 0 radical (unpaired) electrons. The van der Waals surface area contributed by atoms with Crippen LogP contribution in [0.25, 0.3) is 12.2 Å². The van der Waals surface area contributed by atoms with Gasteiger partial charge in [0.1, 0.15) is 0 Å².